The summed E-state index contributed by atoms with van der Waals surface area (Å²) in [4.78, 5) is 37.8. The van der Waals surface area contributed by atoms with Gasteiger partial charge in [0.15, 0.2) is 17.3 Å². The number of rotatable bonds is 7. The Kier molecular flexibility index (Phi) is 7.12. The second-order valence-corrected chi connectivity index (χ2v) is 10.4. The molecule has 1 aromatic rings. The van der Waals surface area contributed by atoms with Crippen molar-refractivity contribution < 1.29 is 23.9 Å². The number of nitrogens with two attached hydrogens (primary N) is 1. The highest BCUT2D eigenvalue weighted by molar-refractivity contribution is 6.01. The van der Waals surface area contributed by atoms with Gasteiger partial charge in [-0.3, -0.25) is 14.4 Å². The third kappa shape index (κ3) is 5.69. The lowest BCUT2D eigenvalue weighted by Crippen LogP contribution is -2.43. The van der Waals surface area contributed by atoms with E-state index in [0.29, 0.717) is 11.5 Å². The smallest absolute Gasteiger partial charge is 0.317 e. The zero-order valence-electron chi connectivity index (χ0n) is 19.2. The van der Waals surface area contributed by atoms with Gasteiger partial charge in [0, 0.05) is 12.0 Å². The molecule has 6 heteroatoms. The standard InChI is InChI=1S/C24H35NO5/c1-14(2)10-19(26)29-17-9-8-16(20(27)21(25)23(4,5)6)11-18(17)30-22(28)24(7)12-15(3)13-24/h8-9,11,14-15,21H,10,12-13,25H2,1-7H3. The van der Waals surface area contributed by atoms with Crippen LogP contribution >= 0.6 is 0 Å². The molecule has 6 nitrogen and oxygen atoms in total. The first-order valence-corrected chi connectivity index (χ1v) is 10.6. The number of Topliss-reactive ketones (excluding diaryl/α,β-unsaturated/α-hetero) is 1. The number of ether oxygens (including phenoxy) is 2. The van der Waals surface area contributed by atoms with Crippen LogP contribution < -0.4 is 15.2 Å². The van der Waals surface area contributed by atoms with Crippen molar-refractivity contribution in [2.24, 2.45) is 28.4 Å². The van der Waals surface area contributed by atoms with E-state index in [9.17, 15) is 14.4 Å². The third-order valence-corrected chi connectivity index (χ3v) is 5.54. The second kappa shape index (κ2) is 8.88. The number of carbonyl (C=O) groups is 3. The van der Waals surface area contributed by atoms with Crippen LogP contribution in [0.4, 0.5) is 0 Å². The molecule has 0 bridgehead atoms. The van der Waals surface area contributed by atoms with Gasteiger partial charge in [-0.15, -0.1) is 0 Å². The second-order valence-electron chi connectivity index (χ2n) is 10.4. The van der Waals surface area contributed by atoms with E-state index in [1.54, 1.807) is 6.07 Å². The SMILES string of the molecule is CC(C)CC(=O)Oc1ccc(C(=O)C(N)C(C)(C)C)cc1OC(=O)C1(C)CC(C)C1. The zero-order valence-corrected chi connectivity index (χ0v) is 19.2. The van der Waals surface area contributed by atoms with Crippen molar-refractivity contribution in [2.75, 3.05) is 0 Å². The molecule has 0 saturated heterocycles. The zero-order chi connectivity index (χ0) is 22.9. The molecule has 1 aliphatic rings. The van der Waals surface area contributed by atoms with Crippen molar-refractivity contribution in [3.8, 4) is 11.5 Å². The number of hydrogen-bond donors (Lipinski definition) is 1. The topological polar surface area (TPSA) is 95.7 Å². The van der Waals surface area contributed by atoms with E-state index in [2.05, 4.69) is 6.92 Å². The Balaban J connectivity index is 2.33. The quantitative estimate of drug-likeness (QED) is 0.398. The summed E-state index contributed by atoms with van der Waals surface area (Å²) < 4.78 is 11.1. The molecule has 1 saturated carbocycles. The van der Waals surface area contributed by atoms with Gasteiger partial charge in [-0.25, -0.2) is 0 Å². The Morgan fingerprint density at radius 2 is 1.73 bits per heavy atom. The Labute approximate surface area is 179 Å². The molecule has 0 aromatic heterocycles. The van der Waals surface area contributed by atoms with E-state index in [1.807, 2.05) is 41.5 Å². The van der Waals surface area contributed by atoms with Gasteiger partial charge in [0.05, 0.1) is 11.5 Å². The number of ketones is 1. The molecule has 0 amide bonds. The minimum Gasteiger partial charge on any atom is -0.423 e. The van der Waals surface area contributed by atoms with Crippen LogP contribution in [0.5, 0.6) is 11.5 Å². The molecule has 1 atom stereocenters. The van der Waals surface area contributed by atoms with Crippen LogP contribution in [0, 0.1) is 22.7 Å². The van der Waals surface area contributed by atoms with Crippen LogP contribution in [0.15, 0.2) is 18.2 Å². The lowest BCUT2D eigenvalue weighted by molar-refractivity contribution is -0.153. The van der Waals surface area contributed by atoms with Crippen LogP contribution in [-0.2, 0) is 9.59 Å². The Morgan fingerprint density at radius 1 is 1.13 bits per heavy atom. The fourth-order valence-electron chi connectivity index (χ4n) is 3.76. The molecular formula is C24H35NO5. The summed E-state index contributed by atoms with van der Waals surface area (Å²) in [5, 5.41) is 0. The van der Waals surface area contributed by atoms with Gasteiger partial charge in [-0.2, -0.15) is 0 Å². The summed E-state index contributed by atoms with van der Waals surface area (Å²) in [6.07, 6.45) is 1.71. The predicted molar refractivity (Wildman–Crippen MR) is 115 cm³/mol. The van der Waals surface area contributed by atoms with Crippen molar-refractivity contribution in [3.05, 3.63) is 23.8 Å². The van der Waals surface area contributed by atoms with Gasteiger partial charge in [0.1, 0.15) is 0 Å². The average molecular weight is 418 g/mol. The molecule has 2 N–H and O–H groups in total. The lowest BCUT2D eigenvalue weighted by atomic mass is 9.64. The fourth-order valence-corrected chi connectivity index (χ4v) is 3.76. The first-order chi connectivity index (χ1) is 13.7. The third-order valence-electron chi connectivity index (χ3n) is 5.54. The first-order valence-electron chi connectivity index (χ1n) is 10.6. The van der Waals surface area contributed by atoms with Gasteiger partial charge in [0.25, 0.3) is 0 Å². The van der Waals surface area contributed by atoms with Gasteiger partial charge < -0.3 is 15.2 Å². The summed E-state index contributed by atoms with van der Waals surface area (Å²) in [5.41, 5.74) is 5.45. The lowest BCUT2D eigenvalue weighted by Gasteiger charge is -2.41. The largest absolute Gasteiger partial charge is 0.423 e. The predicted octanol–water partition coefficient (Wildman–Crippen LogP) is 4.54. The van der Waals surface area contributed by atoms with Crippen molar-refractivity contribution in [3.63, 3.8) is 0 Å². The van der Waals surface area contributed by atoms with Crippen molar-refractivity contribution >= 4 is 17.7 Å². The van der Waals surface area contributed by atoms with Crippen LogP contribution in [0.25, 0.3) is 0 Å². The van der Waals surface area contributed by atoms with E-state index in [-0.39, 0.29) is 35.6 Å². The number of benzene rings is 1. The van der Waals surface area contributed by atoms with E-state index < -0.39 is 22.8 Å². The summed E-state index contributed by atoms with van der Waals surface area (Å²) in [6.45, 7) is 13.4. The highest BCUT2D eigenvalue weighted by atomic mass is 16.6. The molecule has 1 fully saturated rings. The molecule has 0 radical (unpaired) electrons. The van der Waals surface area contributed by atoms with E-state index in [4.69, 9.17) is 15.2 Å². The van der Waals surface area contributed by atoms with Gasteiger partial charge >= 0.3 is 11.9 Å². The van der Waals surface area contributed by atoms with Crippen molar-refractivity contribution in [2.45, 2.75) is 73.8 Å². The molecule has 1 aromatic carbocycles. The summed E-state index contributed by atoms with van der Waals surface area (Å²) in [5.74, 6) is -0.269. The minimum absolute atomic E-state index is 0.0739. The van der Waals surface area contributed by atoms with Gasteiger partial charge in [-0.1, -0.05) is 41.5 Å². The van der Waals surface area contributed by atoms with Crippen LogP contribution in [0.2, 0.25) is 0 Å². The Morgan fingerprint density at radius 3 is 2.23 bits per heavy atom. The fraction of sp³-hybridized carbons (Fsp3) is 0.625. The van der Waals surface area contributed by atoms with Crippen molar-refractivity contribution in [1.29, 1.82) is 0 Å². The van der Waals surface area contributed by atoms with Crippen LogP contribution in [0.1, 0.15) is 78.1 Å². The van der Waals surface area contributed by atoms with E-state index in [1.165, 1.54) is 12.1 Å². The average Bonchev–Trinajstić information content (AvgIpc) is 2.59. The van der Waals surface area contributed by atoms with Crippen molar-refractivity contribution in [1.82, 2.24) is 0 Å². The van der Waals surface area contributed by atoms with Gasteiger partial charge in [0.2, 0.25) is 0 Å². The molecule has 0 spiro atoms. The summed E-state index contributed by atoms with van der Waals surface area (Å²) >= 11 is 0. The Hall–Kier alpha value is -2.21. The number of hydrogen-bond acceptors (Lipinski definition) is 6. The molecule has 0 heterocycles. The number of esters is 2. The summed E-state index contributed by atoms with van der Waals surface area (Å²) in [7, 11) is 0. The first kappa shape index (κ1) is 24.1. The molecule has 30 heavy (non-hydrogen) atoms. The highest BCUT2D eigenvalue weighted by Gasteiger charge is 2.46. The molecule has 2 rings (SSSR count). The normalized spacial score (nSPS) is 22.2. The highest BCUT2D eigenvalue weighted by Crippen LogP contribution is 2.46. The molecule has 0 aliphatic heterocycles. The van der Waals surface area contributed by atoms with E-state index >= 15 is 0 Å². The Bertz CT molecular complexity index is 815. The maximum absolute atomic E-state index is 12.8. The maximum atomic E-state index is 12.8. The number of carbonyl (C=O) groups excluding carboxylic acids is 3. The molecular weight excluding hydrogens is 382 g/mol. The van der Waals surface area contributed by atoms with E-state index in [0.717, 1.165) is 12.8 Å². The summed E-state index contributed by atoms with van der Waals surface area (Å²) in [6, 6.07) is 3.78. The van der Waals surface area contributed by atoms with Gasteiger partial charge in [-0.05, 0) is 55.2 Å². The van der Waals surface area contributed by atoms with Crippen LogP contribution in [-0.4, -0.2) is 23.8 Å². The van der Waals surface area contributed by atoms with Crippen LogP contribution in [0.3, 0.4) is 0 Å². The molecule has 166 valence electrons. The maximum Gasteiger partial charge on any atom is 0.317 e. The minimum atomic E-state index is -0.722. The molecule has 1 aliphatic carbocycles. The molecule has 1 unspecified atom stereocenters. The monoisotopic (exact) mass is 417 g/mol.